The minimum atomic E-state index is -0.778. The SMILES string of the molecule is CN(C(=O)CCc1ccc2ccccc2c1)[C@H](Cc1ccc2ccccc2c1)c1nc(C(N)=O)no1. The van der Waals surface area contributed by atoms with Crippen LogP contribution in [0, 0.1) is 0 Å². The number of likely N-dealkylation sites (N-methyl/N-ethyl adjacent to an activating group) is 1. The molecule has 180 valence electrons. The van der Waals surface area contributed by atoms with Gasteiger partial charge in [0.05, 0.1) is 0 Å². The average Bonchev–Trinajstić information content (AvgIpc) is 3.40. The number of nitrogens with zero attached hydrogens (tertiary/aromatic N) is 3. The van der Waals surface area contributed by atoms with Gasteiger partial charge in [-0.25, -0.2) is 0 Å². The second-order valence-electron chi connectivity index (χ2n) is 8.91. The molecule has 2 N–H and O–H groups in total. The number of primary amides is 1. The maximum Gasteiger partial charge on any atom is 0.290 e. The van der Waals surface area contributed by atoms with Crippen LogP contribution in [-0.4, -0.2) is 33.9 Å². The number of aromatic nitrogens is 2. The molecule has 0 aliphatic rings. The number of benzene rings is 4. The number of hydrogen-bond donors (Lipinski definition) is 1. The van der Waals surface area contributed by atoms with Crippen molar-refractivity contribution in [3.63, 3.8) is 0 Å². The molecule has 1 atom stereocenters. The Morgan fingerprint density at radius 3 is 2.06 bits per heavy atom. The fraction of sp³-hybridized carbons (Fsp3) is 0.172. The van der Waals surface area contributed by atoms with Crippen LogP contribution in [0.5, 0.6) is 0 Å². The van der Waals surface area contributed by atoms with E-state index in [1.165, 1.54) is 5.39 Å². The number of amides is 2. The molecule has 0 bridgehead atoms. The van der Waals surface area contributed by atoms with Gasteiger partial charge in [0.2, 0.25) is 11.8 Å². The molecular weight excluding hydrogens is 452 g/mol. The van der Waals surface area contributed by atoms with E-state index >= 15 is 0 Å². The van der Waals surface area contributed by atoms with Crippen LogP contribution in [0.1, 0.15) is 40.1 Å². The first kappa shape index (κ1) is 23.2. The van der Waals surface area contributed by atoms with Gasteiger partial charge in [-0.3, -0.25) is 9.59 Å². The summed E-state index contributed by atoms with van der Waals surface area (Å²) in [6, 6.07) is 28.1. The molecule has 1 heterocycles. The van der Waals surface area contributed by atoms with Gasteiger partial charge in [-0.1, -0.05) is 90.1 Å². The molecule has 1 aromatic heterocycles. The van der Waals surface area contributed by atoms with Gasteiger partial charge in [0.15, 0.2) is 0 Å². The lowest BCUT2D eigenvalue weighted by molar-refractivity contribution is -0.132. The van der Waals surface area contributed by atoms with Gasteiger partial charge >= 0.3 is 0 Å². The predicted octanol–water partition coefficient (Wildman–Crippen LogP) is 4.85. The van der Waals surface area contributed by atoms with Crippen molar-refractivity contribution < 1.29 is 14.1 Å². The van der Waals surface area contributed by atoms with Gasteiger partial charge in [0.1, 0.15) is 6.04 Å². The maximum absolute atomic E-state index is 13.3. The van der Waals surface area contributed by atoms with Crippen LogP contribution >= 0.6 is 0 Å². The highest BCUT2D eigenvalue weighted by Crippen LogP contribution is 2.26. The summed E-state index contributed by atoms with van der Waals surface area (Å²) >= 11 is 0. The molecule has 4 aromatic carbocycles. The first-order valence-corrected chi connectivity index (χ1v) is 11.8. The third-order valence-corrected chi connectivity index (χ3v) is 6.49. The van der Waals surface area contributed by atoms with Crippen molar-refractivity contribution in [2.24, 2.45) is 5.73 Å². The first-order chi connectivity index (χ1) is 17.5. The summed E-state index contributed by atoms with van der Waals surface area (Å²) in [6.07, 6.45) is 1.37. The Balaban J connectivity index is 1.37. The highest BCUT2D eigenvalue weighted by atomic mass is 16.5. The van der Waals surface area contributed by atoms with E-state index in [9.17, 15) is 9.59 Å². The second-order valence-corrected chi connectivity index (χ2v) is 8.91. The van der Waals surface area contributed by atoms with Crippen molar-refractivity contribution >= 4 is 33.4 Å². The Morgan fingerprint density at radius 1 is 0.861 bits per heavy atom. The number of carbonyl (C=O) groups is 2. The standard InChI is InChI=1S/C29H26N4O3/c1-33(26(34)15-12-19-10-13-21-6-2-4-8-23(21)16-19)25(29-31-28(27(30)35)32-36-29)18-20-11-14-22-7-3-5-9-24(22)17-20/h2-11,13-14,16-17,25H,12,15,18H2,1H3,(H2,30,35)/t25-/m1/s1. The quantitative estimate of drug-likeness (QED) is 0.343. The summed E-state index contributed by atoms with van der Waals surface area (Å²) in [5.41, 5.74) is 7.42. The third-order valence-electron chi connectivity index (χ3n) is 6.49. The van der Waals surface area contributed by atoms with Crippen molar-refractivity contribution in [2.45, 2.75) is 25.3 Å². The molecule has 0 unspecified atom stereocenters. The van der Waals surface area contributed by atoms with Crippen molar-refractivity contribution in [2.75, 3.05) is 7.05 Å². The van der Waals surface area contributed by atoms with E-state index in [4.69, 9.17) is 10.3 Å². The fourth-order valence-corrected chi connectivity index (χ4v) is 4.45. The Hall–Kier alpha value is -4.52. The fourth-order valence-electron chi connectivity index (χ4n) is 4.45. The highest BCUT2D eigenvalue weighted by Gasteiger charge is 2.28. The van der Waals surface area contributed by atoms with Crippen LogP contribution in [0.4, 0.5) is 0 Å². The highest BCUT2D eigenvalue weighted by molar-refractivity contribution is 5.88. The average molecular weight is 479 g/mol. The molecular formula is C29H26N4O3. The summed E-state index contributed by atoms with van der Waals surface area (Å²) in [5, 5.41) is 8.24. The van der Waals surface area contributed by atoms with Crippen LogP contribution in [-0.2, 0) is 17.6 Å². The maximum atomic E-state index is 13.3. The normalized spacial score (nSPS) is 12.0. The van der Waals surface area contributed by atoms with Crippen LogP contribution in [0.2, 0.25) is 0 Å². The minimum absolute atomic E-state index is 0.0622. The van der Waals surface area contributed by atoms with E-state index in [2.05, 4.69) is 52.6 Å². The largest absolute Gasteiger partial charge is 0.363 e. The molecule has 5 rings (SSSR count). The zero-order valence-corrected chi connectivity index (χ0v) is 19.9. The van der Waals surface area contributed by atoms with Crippen LogP contribution < -0.4 is 5.73 Å². The number of aryl methyl sites for hydroxylation is 1. The second kappa shape index (κ2) is 10.00. The molecule has 36 heavy (non-hydrogen) atoms. The van der Waals surface area contributed by atoms with E-state index in [0.717, 1.165) is 27.3 Å². The molecule has 7 heteroatoms. The smallest absolute Gasteiger partial charge is 0.290 e. The zero-order valence-electron chi connectivity index (χ0n) is 19.9. The molecule has 0 fully saturated rings. The summed E-state index contributed by atoms with van der Waals surface area (Å²) in [4.78, 5) is 30.6. The number of hydrogen-bond acceptors (Lipinski definition) is 5. The zero-order chi connectivity index (χ0) is 25.1. The Morgan fingerprint density at radius 2 is 1.44 bits per heavy atom. The molecule has 0 spiro atoms. The van der Waals surface area contributed by atoms with Crippen molar-refractivity contribution in [1.29, 1.82) is 0 Å². The monoisotopic (exact) mass is 478 g/mol. The van der Waals surface area contributed by atoms with Gasteiger partial charge in [-0.2, -0.15) is 4.98 Å². The van der Waals surface area contributed by atoms with Crippen LogP contribution in [0.3, 0.4) is 0 Å². The molecule has 0 aliphatic carbocycles. The van der Waals surface area contributed by atoms with Crippen LogP contribution in [0.25, 0.3) is 21.5 Å². The number of fused-ring (bicyclic) bond motifs is 2. The molecule has 5 aromatic rings. The molecule has 0 radical (unpaired) electrons. The van der Waals surface area contributed by atoms with E-state index in [1.807, 2.05) is 42.5 Å². The molecule has 0 saturated heterocycles. The van der Waals surface area contributed by atoms with Gasteiger partial charge < -0.3 is 15.2 Å². The molecule has 2 amide bonds. The van der Waals surface area contributed by atoms with Gasteiger partial charge in [0, 0.05) is 19.9 Å². The molecule has 7 nitrogen and oxygen atoms in total. The van der Waals surface area contributed by atoms with E-state index < -0.39 is 11.9 Å². The van der Waals surface area contributed by atoms with Gasteiger partial charge in [0.25, 0.3) is 11.7 Å². The van der Waals surface area contributed by atoms with Crippen molar-refractivity contribution in [1.82, 2.24) is 15.0 Å². The summed E-state index contributed by atoms with van der Waals surface area (Å²) < 4.78 is 5.37. The summed E-state index contributed by atoms with van der Waals surface area (Å²) in [6.45, 7) is 0. The number of nitrogens with two attached hydrogens (primary N) is 1. The third kappa shape index (κ3) is 4.95. The number of carbonyl (C=O) groups excluding carboxylic acids is 2. The lowest BCUT2D eigenvalue weighted by Gasteiger charge is -2.26. The lowest BCUT2D eigenvalue weighted by Crippen LogP contribution is -2.33. The summed E-state index contributed by atoms with van der Waals surface area (Å²) in [5.74, 6) is -0.864. The van der Waals surface area contributed by atoms with Gasteiger partial charge in [-0.15, -0.1) is 0 Å². The first-order valence-electron chi connectivity index (χ1n) is 11.8. The molecule has 0 aliphatic heterocycles. The predicted molar refractivity (Wildman–Crippen MR) is 138 cm³/mol. The Labute approximate surface area is 208 Å². The molecule has 0 saturated carbocycles. The van der Waals surface area contributed by atoms with E-state index in [0.29, 0.717) is 19.3 Å². The van der Waals surface area contributed by atoms with Crippen molar-refractivity contribution in [3.05, 3.63) is 108 Å². The minimum Gasteiger partial charge on any atom is -0.363 e. The topological polar surface area (TPSA) is 102 Å². The van der Waals surface area contributed by atoms with E-state index in [1.54, 1.807) is 11.9 Å². The lowest BCUT2D eigenvalue weighted by atomic mass is 10.00. The van der Waals surface area contributed by atoms with Crippen molar-refractivity contribution in [3.8, 4) is 0 Å². The number of rotatable bonds is 8. The van der Waals surface area contributed by atoms with Crippen LogP contribution in [0.15, 0.2) is 89.5 Å². The summed E-state index contributed by atoms with van der Waals surface area (Å²) in [7, 11) is 1.72. The Bertz CT molecular complexity index is 1560. The Kier molecular flexibility index (Phi) is 6.45. The van der Waals surface area contributed by atoms with Gasteiger partial charge in [-0.05, 0) is 39.1 Å². The van der Waals surface area contributed by atoms with E-state index in [-0.39, 0.29) is 17.6 Å².